The van der Waals surface area contributed by atoms with Gasteiger partial charge in [0, 0.05) is 12.6 Å². The van der Waals surface area contributed by atoms with Crippen LogP contribution in [-0.4, -0.2) is 46.7 Å². The highest BCUT2D eigenvalue weighted by molar-refractivity contribution is 7.91. The van der Waals surface area contributed by atoms with Crippen LogP contribution in [0.3, 0.4) is 0 Å². The molecule has 0 aliphatic carbocycles. The van der Waals surface area contributed by atoms with E-state index in [4.69, 9.17) is 9.47 Å². The molecule has 2 rings (SSSR count). The molecule has 1 N–H and O–H groups in total. The van der Waals surface area contributed by atoms with E-state index in [9.17, 15) is 31.2 Å². The normalized spacial score (nSPS) is 11.6. The summed E-state index contributed by atoms with van der Waals surface area (Å²) in [6.45, 7) is 1.53. The Morgan fingerprint density at radius 1 is 1.03 bits per heavy atom. The van der Waals surface area contributed by atoms with Crippen molar-refractivity contribution in [1.82, 2.24) is 5.32 Å². The van der Waals surface area contributed by atoms with E-state index in [1.165, 1.54) is 49.6 Å². The molecular formula is C20H20F3NO6S. The van der Waals surface area contributed by atoms with E-state index in [1.54, 1.807) is 12.2 Å². The standard InChI is InChI=1S/C20H20F3NO6S/c1-3-30-18(25)16-9-8-15(12-17(16)29-2)31(27,28)14-6-4-13(5-7-14)10-11-24-19(26)20(21,22)23/h4-9,12H,3,10-11H2,1-2H3,(H,24,26). The molecule has 0 aromatic heterocycles. The summed E-state index contributed by atoms with van der Waals surface area (Å²) in [6.07, 6.45) is -4.87. The van der Waals surface area contributed by atoms with Crippen LogP contribution in [0.4, 0.5) is 13.2 Å². The maximum absolute atomic E-state index is 12.9. The van der Waals surface area contributed by atoms with E-state index in [0.29, 0.717) is 5.56 Å². The molecule has 31 heavy (non-hydrogen) atoms. The number of amides is 1. The molecule has 0 bridgehead atoms. The molecule has 2 aromatic rings. The first-order valence-corrected chi connectivity index (χ1v) is 10.5. The van der Waals surface area contributed by atoms with Crippen molar-refractivity contribution in [2.24, 2.45) is 0 Å². The van der Waals surface area contributed by atoms with Gasteiger partial charge in [-0.3, -0.25) is 4.79 Å². The summed E-state index contributed by atoms with van der Waals surface area (Å²) >= 11 is 0. The van der Waals surface area contributed by atoms with Crippen molar-refractivity contribution in [3.8, 4) is 5.75 Å². The Morgan fingerprint density at radius 3 is 2.19 bits per heavy atom. The van der Waals surface area contributed by atoms with Gasteiger partial charge in [-0.1, -0.05) is 12.1 Å². The maximum Gasteiger partial charge on any atom is 0.471 e. The summed E-state index contributed by atoms with van der Waals surface area (Å²) in [5, 5.41) is 1.74. The lowest BCUT2D eigenvalue weighted by Gasteiger charge is -2.11. The summed E-state index contributed by atoms with van der Waals surface area (Å²) in [5.41, 5.74) is 0.621. The second-order valence-corrected chi connectivity index (χ2v) is 8.18. The summed E-state index contributed by atoms with van der Waals surface area (Å²) in [4.78, 5) is 22.6. The van der Waals surface area contributed by atoms with Gasteiger partial charge < -0.3 is 14.8 Å². The Balaban J connectivity index is 2.17. The predicted octanol–water partition coefficient (Wildman–Crippen LogP) is 2.93. The number of benzene rings is 2. The fourth-order valence-electron chi connectivity index (χ4n) is 2.61. The third-order valence-corrected chi connectivity index (χ3v) is 5.94. The summed E-state index contributed by atoms with van der Waals surface area (Å²) in [5.74, 6) is -2.64. The van der Waals surface area contributed by atoms with Crippen molar-refractivity contribution < 1.29 is 40.7 Å². The molecule has 1 amide bonds. The molecule has 168 valence electrons. The van der Waals surface area contributed by atoms with Crippen molar-refractivity contribution in [1.29, 1.82) is 0 Å². The Bertz CT molecular complexity index is 1050. The molecule has 11 heteroatoms. The van der Waals surface area contributed by atoms with Crippen LogP contribution in [0, 0.1) is 0 Å². The number of hydrogen-bond acceptors (Lipinski definition) is 6. The zero-order valence-corrected chi connectivity index (χ0v) is 17.5. The summed E-state index contributed by atoms with van der Waals surface area (Å²) in [6, 6.07) is 9.26. The topological polar surface area (TPSA) is 98.8 Å². The molecule has 0 fully saturated rings. The van der Waals surface area contributed by atoms with Gasteiger partial charge in [0.05, 0.1) is 23.5 Å². The number of carbonyl (C=O) groups excluding carboxylic acids is 2. The second-order valence-electron chi connectivity index (χ2n) is 6.23. The highest BCUT2D eigenvalue weighted by atomic mass is 32.2. The van der Waals surface area contributed by atoms with Crippen molar-refractivity contribution in [3.63, 3.8) is 0 Å². The average molecular weight is 459 g/mol. The monoisotopic (exact) mass is 459 g/mol. The number of sulfone groups is 1. The van der Waals surface area contributed by atoms with Gasteiger partial charge in [0.1, 0.15) is 11.3 Å². The van der Waals surface area contributed by atoms with Crippen LogP contribution in [-0.2, 0) is 25.8 Å². The molecule has 0 spiro atoms. The van der Waals surface area contributed by atoms with Gasteiger partial charge in [0.15, 0.2) is 0 Å². The molecule has 0 saturated heterocycles. The predicted molar refractivity (Wildman–Crippen MR) is 104 cm³/mol. The van der Waals surface area contributed by atoms with E-state index in [-0.39, 0.29) is 40.7 Å². The molecule has 0 saturated carbocycles. The van der Waals surface area contributed by atoms with Crippen LogP contribution in [0.1, 0.15) is 22.8 Å². The van der Waals surface area contributed by atoms with Gasteiger partial charge in [-0.25, -0.2) is 13.2 Å². The van der Waals surface area contributed by atoms with E-state index >= 15 is 0 Å². The highest BCUT2D eigenvalue weighted by Gasteiger charge is 2.38. The van der Waals surface area contributed by atoms with Crippen LogP contribution in [0.25, 0.3) is 0 Å². The lowest BCUT2D eigenvalue weighted by atomic mass is 10.1. The molecule has 0 aliphatic heterocycles. The van der Waals surface area contributed by atoms with Crippen molar-refractivity contribution in [2.45, 2.75) is 29.3 Å². The van der Waals surface area contributed by atoms with Crippen LogP contribution in [0.15, 0.2) is 52.3 Å². The van der Waals surface area contributed by atoms with Gasteiger partial charge in [-0.2, -0.15) is 13.2 Å². The Kier molecular flexibility index (Phi) is 7.66. The molecule has 0 unspecified atom stereocenters. The van der Waals surface area contributed by atoms with Gasteiger partial charge in [-0.05, 0) is 43.2 Å². The number of halogens is 3. The number of esters is 1. The van der Waals surface area contributed by atoms with E-state index in [2.05, 4.69) is 0 Å². The number of carbonyl (C=O) groups is 2. The van der Waals surface area contributed by atoms with Crippen molar-refractivity contribution >= 4 is 21.7 Å². The van der Waals surface area contributed by atoms with Crippen LogP contribution < -0.4 is 10.1 Å². The van der Waals surface area contributed by atoms with Gasteiger partial charge in [0.2, 0.25) is 9.84 Å². The molecule has 0 radical (unpaired) electrons. The SMILES string of the molecule is CCOC(=O)c1ccc(S(=O)(=O)c2ccc(CCNC(=O)C(F)(F)F)cc2)cc1OC. The molecule has 0 aliphatic rings. The number of rotatable bonds is 8. The first-order chi connectivity index (χ1) is 14.5. The Hall–Kier alpha value is -3.08. The first-order valence-electron chi connectivity index (χ1n) is 9.05. The van der Waals surface area contributed by atoms with Gasteiger partial charge >= 0.3 is 18.1 Å². The molecule has 2 aromatic carbocycles. The lowest BCUT2D eigenvalue weighted by molar-refractivity contribution is -0.173. The zero-order valence-electron chi connectivity index (χ0n) is 16.7. The Labute approximate surface area is 177 Å². The quantitative estimate of drug-likeness (QED) is 0.610. The van der Waals surface area contributed by atoms with Crippen LogP contribution >= 0.6 is 0 Å². The largest absolute Gasteiger partial charge is 0.496 e. The first kappa shape index (κ1) is 24.2. The van der Waals surface area contributed by atoms with E-state index < -0.39 is 27.9 Å². The fourth-order valence-corrected chi connectivity index (χ4v) is 3.88. The second kappa shape index (κ2) is 9.82. The average Bonchev–Trinajstić information content (AvgIpc) is 2.73. The molecule has 0 atom stereocenters. The van der Waals surface area contributed by atoms with Crippen molar-refractivity contribution in [3.05, 3.63) is 53.6 Å². The van der Waals surface area contributed by atoms with E-state index in [0.717, 1.165) is 0 Å². The minimum atomic E-state index is -4.96. The zero-order chi connectivity index (χ0) is 23.2. The van der Waals surface area contributed by atoms with Gasteiger partial charge in [-0.15, -0.1) is 0 Å². The number of methoxy groups -OCH3 is 1. The lowest BCUT2D eigenvalue weighted by Crippen LogP contribution is -2.37. The minimum absolute atomic E-state index is 0.0385. The fraction of sp³-hybridized carbons (Fsp3) is 0.300. The maximum atomic E-state index is 12.9. The third-order valence-electron chi connectivity index (χ3n) is 4.17. The number of hydrogen-bond donors (Lipinski definition) is 1. The number of ether oxygens (including phenoxy) is 2. The third kappa shape index (κ3) is 5.97. The molecule has 0 heterocycles. The van der Waals surface area contributed by atoms with Crippen LogP contribution in [0.2, 0.25) is 0 Å². The smallest absolute Gasteiger partial charge is 0.471 e. The summed E-state index contributed by atoms with van der Waals surface area (Å²) in [7, 11) is -2.65. The minimum Gasteiger partial charge on any atom is -0.496 e. The number of nitrogens with one attached hydrogen (secondary N) is 1. The number of alkyl halides is 3. The van der Waals surface area contributed by atoms with Crippen LogP contribution in [0.5, 0.6) is 5.75 Å². The summed E-state index contributed by atoms with van der Waals surface area (Å²) < 4.78 is 72.3. The molecule has 7 nitrogen and oxygen atoms in total. The van der Waals surface area contributed by atoms with Gasteiger partial charge in [0.25, 0.3) is 0 Å². The van der Waals surface area contributed by atoms with E-state index in [1.807, 2.05) is 0 Å². The van der Waals surface area contributed by atoms with Crippen molar-refractivity contribution in [2.75, 3.05) is 20.3 Å². The highest BCUT2D eigenvalue weighted by Crippen LogP contribution is 2.28. The molecular weight excluding hydrogens is 439 g/mol. The Morgan fingerprint density at radius 2 is 1.65 bits per heavy atom.